The Morgan fingerprint density at radius 3 is 2.80 bits per heavy atom. The highest BCUT2D eigenvalue weighted by Gasteiger charge is 2.38. The number of hydrogen-bond acceptors (Lipinski definition) is 4. The van der Waals surface area contributed by atoms with E-state index in [2.05, 4.69) is 5.32 Å². The van der Waals surface area contributed by atoms with E-state index in [4.69, 9.17) is 9.47 Å². The number of hydrogen-bond donors (Lipinski definition) is 1. The first-order valence-electron chi connectivity index (χ1n) is 7.17. The fourth-order valence-corrected chi connectivity index (χ4v) is 2.17. The standard InChI is InChI=1S/C16H23NO3/c1-4-20-15(18)16(2,17-11-12-8-9-12)13-6-5-7-14(10-13)19-3/h5-7,10,12,17H,4,8-9,11H2,1-3H3. The topological polar surface area (TPSA) is 47.6 Å². The molecule has 4 nitrogen and oxygen atoms in total. The molecular formula is C16H23NO3. The van der Waals surface area contributed by atoms with Gasteiger partial charge in [-0.2, -0.15) is 0 Å². The molecule has 0 bridgehead atoms. The molecule has 0 amide bonds. The van der Waals surface area contributed by atoms with Gasteiger partial charge in [-0.25, -0.2) is 4.79 Å². The Hall–Kier alpha value is -1.55. The maximum absolute atomic E-state index is 12.4. The third-order valence-corrected chi connectivity index (χ3v) is 3.77. The van der Waals surface area contributed by atoms with Gasteiger partial charge in [0.2, 0.25) is 0 Å². The zero-order chi connectivity index (χ0) is 14.6. The summed E-state index contributed by atoms with van der Waals surface area (Å²) in [5, 5.41) is 3.38. The number of rotatable bonds is 7. The monoisotopic (exact) mass is 277 g/mol. The maximum atomic E-state index is 12.4. The smallest absolute Gasteiger partial charge is 0.330 e. The molecule has 1 aliphatic carbocycles. The molecule has 4 heteroatoms. The van der Waals surface area contributed by atoms with Crippen molar-refractivity contribution in [2.45, 2.75) is 32.2 Å². The van der Waals surface area contributed by atoms with Crippen LogP contribution in [0.1, 0.15) is 32.3 Å². The molecule has 0 aromatic heterocycles. The minimum atomic E-state index is -0.826. The van der Waals surface area contributed by atoms with Crippen LogP contribution in [0, 0.1) is 5.92 Å². The fourth-order valence-electron chi connectivity index (χ4n) is 2.17. The highest BCUT2D eigenvalue weighted by atomic mass is 16.5. The normalized spacial score (nSPS) is 17.4. The van der Waals surface area contributed by atoms with Crippen LogP contribution in [0.25, 0.3) is 0 Å². The van der Waals surface area contributed by atoms with E-state index in [-0.39, 0.29) is 5.97 Å². The maximum Gasteiger partial charge on any atom is 0.330 e. The summed E-state index contributed by atoms with van der Waals surface area (Å²) in [5.74, 6) is 1.19. The number of ether oxygens (including phenoxy) is 2. The molecule has 0 saturated heterocycles. The van der Waals surface area contributed by atoms with E-state index in [1.165, 1.54) is 12.8 Å². The van der Waals surface area contributed by atoms with Gasteiger partial charge < -0.3 is 9.47 Å². The van der Waals surface area contributed by atoms with E-state index in [0.717, 1.165) is 17.9 Å². The first-order valence-corrected chi connectivity index (χ1v) is 7.17. The average Bonchev–Trinajstić information content (AvgIpc) is 3.29. The molecule has 1 atom stereocenters. The van der Waals surface area contributed by atoms with Gasteiger partial charge >= 0.3 is 5.97 Å². The molecular weight excluding hydrogens is 254 g/mol. The van der Waals surface area contributed by atoms with Gasteiger partial charge in [0.15, 0.2) is 0 Å². The second-order valence-electron chi connectivity index (χ2n) is 5.40. The van der Waals surface area contributed by atoms with Crippen molar-refractivity contribution in [3.8, 4) is 5.75 Å². The third-order valence-electron chi connectivity index (χ3n) is 3.77. The first kappa shape index (κ1) is 14.9. The van der Waals surface area contributed by atoms with Gasteiger partial charge in [0, 0.05) is 0 Å². The van der Waals surface area contributed by atoms with E-state index in [9.17, 15) is 4.79 Å². The van der Waals surface area contributed by atoms with Crippen molar-refractivity contribution < 1.29 is 14.3 Å². The zero-order valence-electron chi connectivity index (χ0n) is 12.4. The van der Waals surface area contributed by atoms with E-state index in [0.29, 0.717) is 12.5 Å². The molecule has 0 aliphatic heterocycles. The van der Waals surface area contributed by atoms with Crippen molar-refractivity contribution in [2.24, 2.45) is 5.92 Å². The fraction of sp³-hybridized carbons (Fsp3) is 0.562. The van der Waals surface area contributed by atoms with Crippen LogP contribution in [0.3, 0.4) is 0 Å². The Kier molecular flexibility index (Phi) is 4.65. The van der Waals surface area contributed by atoms with Crippen LogP contribution in [-0.2, 0) is 15.1 Å². The summed E-state index contributed by atoms with van der Waals surface area (Å²) in [6, 6.07) is 7.58. The summed E-state index contributed by atoms with van der Waals surface area (Å²) in [6.45, 7) is 4.92. The molecule has 1 saturated carbocycles. The molecule has 2 rings (SSSR count). The molecule has 1 aromatic rings. The Bertz CT molecular complexity index is 471. The highest BCUT2D eigenvalue weighted by molar-refractivity contribution is 5.82. The molecule has 1 N–H and O–H groups in total. The van der Waals surface area contributed by atoms with Crippen LogP contribution in [0.4, 0.5) is 0 Å². The molecule has 1 unspecified atom stereocenters. The van der Waals surface area contributed by atoms with Crippen LogP contribution < -0.4 is 10.1 Å². The number of esters is 1. The lowest BCUT2D eigenvalue weighted by atomic mass is 9.91. The molecule has 1 aliphatic rings. The van der Waals surface area contributed by atoms with Gasteiger partial charge in [0.25, 0.3) is 0 Å². The number of methoxy groups -OCH3 is 1. The van der Waals surface area contributed by atoms with E-state index < -0.39 is 5.54 Å². The minimum absolute atomic E-state index is 0.242. The molecule has 110 valence electrons. The Labute approximate surface area is 120 Å². The summed E-state index contributed by atoms with van der Waals surface area (Å²) >= 11 is 0. The summed E-state index contributed by atoms with van der Waals surface area (Å²) < 4.78 is 10.5. The number of carbonyl (C=O) groups excluding carboxylic acids is 1. The van der Waals surface area contributed by atoms with Gasteiger partial charge in [-0.3, -0.25) is 5.32 Å². The van der Waals surface area contributed by atoms with Crippen molar-refractivity contribution >= 4 is 5.97 Å². The molecule has 1 fully saturated rings. The second-order valence-corrected chi connectivity index (χ2v) is 5.40. The zero-order valence-corrected chi connectivity index (χ0v) is 12.4. The van der Waals surface area contributed by atoms with Crippen LogP contribution in [0.5, 0.6) is 5.75 Å². The lowest BCUT2D eigenvalue weighted by Crippen LogP contribution is -2.48. The van der Waals surface area contributed by atoms with Crippen LogP contribution in [0.2, 0.25) is 0 Å². The van der Waals surface area contributed by atoms with E-state index >= 15 is 0 Å². The number of benzene rings is 1. The van der Waals surface area contributed by atoms with Crippen molar-refractivity contribution in [3.05, 3.63) is 29.8 Å². The van der Waals surface area contributed by atoms with Crippen LogP contribution in [0.15, 0.2) is 24.3 Å². The first-order chi connectivity index (χ1) is 9.60. The molecule has 20 heavy (non-hydrogen) atoms. The summed E-state index contributed by atoms with van der Waals surface area (Å²) in [5.41, 5.74) is 0.0450. The van der Waals surface area contributed by atoms with Crippen molar-refractivity contribution in [1.29, 1.82) is 0 Å². The Balaban J connectivity index is 2.24. The summed E-state index contributed by atoms with van der Waals surface area (Å²) in [6.07, 6.45) is 2.48. The summed E-state index contributed by atoms with van der Waals surface area (Å²) in [7, 11) is 1.62. The van der Waals surface area contributed by atoms with Gasteiger partial charge in [0.1, 0.15) is 11.3 Å². The molecule has 0 spiro atoms. The quantitative estimate of drug-likeness (QED) is 0.778. The van der Waals surface area contributed by atoms with Crippen molar-refractivity contribution in [3.63, 3.8) is 0 Å². The predicted molar refractivity (Wildman–Crippen MR) is 77.7 cm³/mol. The average molecular weight is 277 g/mol. The minimum Gasteiger partial charge on any atom is -0.497 e. The van der Waals surface area contributed by atoms with Gasteiger partial charge in [-0.1, -0.05) is 12.1 Å². The lowest BCUT2D eigenvalue weighted by molar-refractivity contribution is -0.151. The second kappa shape index (κ2) is 6.27. The predicted octanol–water partition coefficient (Wildman–Crippen LogP) is 2.47. The van der Waals surface area contributed by atoms with Crippen molar-refractivity contribution in [1.82, 2.24) is 5.32 Å². The largest absolute Gasteiger partial charge is 0.497 e. The molecule has 1 aromatic carbocycles. The highest BCUT2D eigenvalue weighted by Crippen LogP contribution is 2.31. The van der Waals surface area contributed by atoms with Gasteiger partial charge in [-0.05, 0) is 56.8 Å². The number of carbonyl (C=O) groups is 1. The Morgan fingerprint density at radius 2 is 2.20 bits per heavy atom. The Morgan fingerprint density at radius 1 is 1.45 bits per heavy atom. The third kappa shape index (κ3) is 3.31. The summed E-state index contributed by atoms with van der Waals surface area (Å²) in [4.78, 5) is 12.4. The van der Waals surface area contributed by atoms with Crippen molar-refractivity contribution in [2.75, 3.05) is 20.3 Å². The van der Waals surface area contributed by atoms with Gasteiger partial charge in [0.05, 0.1) is 13.7 Å². The van der Waals surface area contributed by atoms with Crippen LogP contribution in [-0.4, -0.2) is 26.2 Å². The van der Waals surface area contributed by atoms with E-state index in [1.54, 1.807) is 7.11 Å². The molecule has 0 radical (unpaired) electrons. The van der Waals surface area contributed by atoms with Crippen LogP contribution >= 0.6 is 0 Å². The molecule has 0 heterocycles. The van der Waals surface area contributed by atoms with Gasteiger partial charge in [-0.15, -0.1) is 0 Å². The van der Waals surface area contributed by atoms with E-state index in [1.807, 2.05) is 38.1 Å². The SMILES string of the molecule is CCOC(=O)C(C)(NCC1CC1)c1cccc(OC)c1. The number of nitrogens with one attached hydrogen (secondary N) is 1. The lowest BCUT2D eigenvalue weighted by Gasteiger charge is -2.29.